The van der Waals surface area contributed by atoms with Gasteiger partial charge < -0.3 is 4.48 Å². The monoisotopic (exact) mass is 140 g/mol. The topological polar surface area (TPSA) is 0 Å². The van der Waals surface area contributed by atoms with Gasteiger partial charge >= 0.3 is 0 Å². The van der Waals surface area contributed by atoms with Crippen LogP contribution in [0.4, 0.5) is 0 Å². The molecule has 0 aromatic carbocycles. The van der Waals surface area contributed by atoms with Gasteiger partial charge in [-0.05, 0) is 19.3 Å². The van der Waals surface area contributed by atoms with E-state index in [-0.39, 0.29) is 0 Å². The van der Waals surface area contributed by atoms with E-state index in [1.54, 1.807) is 0 Å². The second-order valence-electron chi connectivity index (χ2n) is 4.32. The van der Waals surface area contributed by atoms with Gasteiger partial charge in [0.25, 0.3) is 0 Å². The molecule has 1 nitrogen and oxygen atoms in total. The van der Waals surface area contributed by atoms with Gasteiger partial charge in [0.1, 0.15) is 0 Å². The van der Waals surface area contributed by atoms with E-state index in [4.69, 9.17) is 0 Å². The lowest BCUT2D eigenvalue weighted by molar-refractivity contribution is -0.976. The van der Waals surface area contributed by atoms with E-state index >= 15 is 0 Å². The van der Waals surface area contributed by atoms with Gasteiger partial charge in [0, 0.05) is 0 Å². The van der Waals surface area contributed by atoms with Crippen LogP contribution in [0, 0.1) is 5.92 Å². The molecule has 0 aromatic heterocycles. The highest BCUT2D eigenvalue weighted by Gasteiger charge is 2.41. The number of hydrogen-bond donors (Lipinski definition) is 0. The molecule has 2 heterocycles. The minimum Gasteiger partial charge on any atom is -0.323 e. The molecule has 0 aromatic rings. The highest BCUT2D eigenvalue weighted by Crippen LogP contribution is 2.30. The van der Waals surface area contributed by atoms with Crippen molar-refractivity contribution in [1.82, 2.24) is 0 Å². The van der Waals surface area contributed by atoms with Crippen LogP contribution in [0.2, 0.25) is 0 Å². The van der Waals surface area contributed by atoms with E-state index in [2.05, 4.69) is 6.92 Å². The van der Waals surface area contributed by atoms with Crippen molar-refractivity contribution >= 4 is 0 Å². The van der Waals surface area contributed by atoms with E-state index in [0.717, 1.165) is 5.92 Å². The van der Waals surface area contributed by atoms with E-state index < -0.39 is 0 Å². The molecule has 0 atom stereocenters. The maximum absolute atomic E-state index is 2.39. The smallest absolute Gasteiger partial charge is 0.0867 e. The Morgan fingerprint density at radius 2 is 1.60 bits per heavy atom. The fourth-order valence-corrected chi connectivity index (χ4v) is 2.82. The Bertz CT molecular complexity index is 109. The Balaban J connectivity index is 1.90. The van der Waals surface area contributed by atoms with E-state index in [0.29, 0.717) is 0 Å². The maximum Gasteiger partial charge on any atom is 0.0867 e. The molecule has 1 spiro atoms. The largest absolute Gasteiger partial charge is 0.323 e. The molecule has 0 unspecified atom stereocenters. The van der Waals surface area contributed by atoms with Gasteiger partial charge in [-0.1, -0.05) is 6.92 Å². The van der Waals surface area contributed by atoms with Crippen LogP contribution < -0.4 is 0 Å². The first-order valence-corrected chi connectivity index (χ1v) is 4.66. The Kier molecular flexibility index (Phi) is 1.48. The molecule has 0 radical (unpaired) electrons. The lowest BCUT2D eigenvalue weighted by Crippen LogP contribution is -2.64. The van der Waals surface area contributed by atoms with Gasteiger partial charge in [0.2, 0.25) is 0 Å². The molecule has 1 heteroatoms. The van der Waals surface area contributed by atoms with Crippen molar-refractivity contribution in [3.05, 3.63) is 0 Å². The van der Waals surface area contributed by atoms with Gasteiger partial charge in [-0.15, -0.1) is 0 Å². The summed E-state index contributed by atoms with van der Waals surface area (Å²) in [6.45, 7) is 8.34. The average molecular weight is 140 g/mol. The minimum absolute atomic E-state index is 1.03. The lowest BCUT2D eigenvalue weighted by Gasteiger charge is -2.51. The zero-order valence-corrected chi connectivity index (χ0v) is 6.97. The summed E-state index contributed by atoms with van der Waals surface area (Å²) in [7, 11) is 0. The summed E-state index contributed by atoms with van der Waals surface area (Å²) in [6.07, 6.45) is 4.48. The van der Waals surface area contributed by atoms with Gasteiger partial charge in [0.05, 0.1) is 32.1 Å². The molecule has 0 aliphatic carbocycles. The summed E-state index contributed by atoms with van der Waals surface area (Å²) in [4.78, 5) is 0. The molecule has 10 heavy (non-hydrogen) atoms. The van der Waals surface area contributed by atoms with Crippen molar-refractivity contribution in [2.45, 2.75) is 26.2 Å². The summed E-state index contributed by atoms with van der Waals surface area (Å²) >= 11 is 0. The Labute approximate surface area is 63.6 Å². The second kappa shape index (κ2) is 2.23. The molecule has 2 saturated heterocycles. The Morgan fingerprint density at radius 3 is 2.10 bits per heavy atom. The Hall–Kier alpha value is -0.0400. The van der Waals surface area contributed by atoms with Gasteiger partial charge in [-0.3, -0.25) is 0 Å². The molecule has 2 aliphatic heterocycles. The summed E-state index contributed by atoms with van der Waals surface area (Å²) in [5, 5.41) is 0. The molecule has 0 saturated carbocycles. The molecular formula is C9H18N+. The molecule has 2 aliphatic rings. The van der Waals surface area contributed by atoms with Crippen molar-refractivity contribution in [3.63, 3.8) is 0 Å². The third kappa shape index (κ3) is 0.968. The third-order valence-corrected chi connectivity index (χ3v) is 3.16. The molecule has 0 bridgehead atoms. The summed E-state index contributed by atoms with van der Waals surface area (Å²) in [5.74, 6) is 1.03. The predicted octanol–water partition coefficient (Wildman–Crippen LogP) is 1.64. The fourth-order valence-electron chi connectivity index (χ4n) is 2.82. The number of nitrogens with zero attached hydrogens (tertiary/aromatic N) is 1. The highest BCUT2D eigenvalue weighted by atomic mass is 15.4. The maximum atomic E-state index is 2.39. The van der Waals surface area contributed by atoms with Crippen LogP contribution in [0.15, 0.2) is 0 Å². The fraction of sp³-hybridized carbons (Fsp3) is 1.00. The van der Waals surface area contributed by atoms with E-state index in [1.807, 2.05) is 0 Å². The van der Waals surface area contributed by atoms with Crippen LogP contribution >= 0.6 is 0 Å². The number of quaternary nitrogens is 1. The van der Waals surface area contributed by atoms with Crippen LogP contribution in [-0.4, -0.2) is 30.7 Å². The van der Waals surface area contributed by atoms with Gasteiger partial charge in [-0.25, -0.2) is 0 Å². The summed E-state index contributed by atoms with van der Waals surface area (Å²) in [6, 6.07) is 0. The summed E-state index contributed by atoms with van der Waals surface area (Å²) < 4.78 is 1.49. The minimum atomic E-state index is 1.03. The van der Waals surface area contributed by atoms with Crippen molar-refractivity contribution in [3.8, 4) is 0 Å². The molecular weight excluding hydrogens is 122 g/mol. The standard InChI is InChI=1S/C9H18N/c1-9-7-10(8-9)5-3-2-4-6-10/h9H,2-8H2,1H3/q+1. The number of rotatable bonds is 0. The van der Waals surface area contributed by atoms with Crippen LogP contribution in [0.25, 0.3) is 0 Å². The zero-order valence-electron chi connectivity index (χ0n) is 6.97. The number of hydrogen-bond acceptors (Lipinski definition) is 0. The SMILES string of the molecule is CC1C[N+]2(CCCCC2)C1. The average Bonchev–Trinajstić information content (AvgIpc) is 1.87. The Morgan fingerprint density at radius 1 is 1.00 bits per heavy atom. The molecule has 2 rings (SSSR count). The molecule has 0 N–H and O–H groups in total. The van der Waals surface area contributed by atoms with E-state index in [1.165, 1.54) is 49.9 Å². The van der Waals surface area contributed by atoms with Crippen LogP contribution in [0.1, 0.15) is 26.2 Å². The van der Waals surface area contributed by atoms with Crippen LogP contribution in [0.3, 0.4) is 0 Å². The van der Waals surface area contributed by atoms with Crippen LogP contribution in [-0.2, 0) is 0 Å². The second-order valence-corrected chi connectivity index (χ2v) is 4.32. The summed E-state index contributed by atoms with van der Waals surface area (Å²) in [5.41, 5.74) is 0. The molecule has 2 fully saturated rings. The first-order valence-electron chi connectivity index (χ1n) is 4.66. The highest BCUT2D eigenvalue weighted by molar-refractivity contribution is 4.67. The van der Waals surface area contributed by atoms with Gasteiger partial charge in [0.15, 0.2) is 0 Å². The van der Waals surface area contributed by atoms with Crippen LogP contribution in [0.5, 0.6) is 0 Å². The normalized spacial score (nSPS) is 32.1. The van der Waals surface area contributed by atoms with Crippen molar-refractivity contribution in [2.24, 2.45) is 5.92 Å². The van der Waals surface area contributed by atoms with Crippen molar-refractivity contribution in [2.75, 3.05) is 26.2 Å². The quantitative estimate of drug-likeness (QED) is 0.449. The van der Waals surface area contributed by atoms with E-state index in [9.17, 15) is 0 Å². The number of piperidine rings is 1. The first kappa shape index (κ1) is 6.66. The molecule has 58 valence electrons. The predicted molar refractivity (Wildman–Crippen MR) is 42.7 cm³/mol. The lowest BCUT2D eigenvalue weighted by atomic mass is 9.93. The van der Waals surface area contributed by atoms with Gasteiger partial charge in [-0.2, -0.15) is 0 Å². The van der Waals surface area contributed by atoms with Crippen molar-refractivity contribution < 1.29 is 4.48 Å². The van der Waals surface area contributed by atoms with Crippen molar-refractivity contribution in [1.29, 1.82) is 0 Å². The first-order chi connectivity index (χ1) is 4.81. The molecule has 0 amide bonds. The zero-order chi connectivity index (χ0) is 7.03. The third-order valence-electron chi connectivity index (χ3n) is 3.16.